The van der Waals surface area contributed by atoms with E-state index in [0.717, 1.165) is 10.0 Å². The molecule has 0 saturated heterocycles. The van der Waals surface area contributed by atoms with Crippen LogP contribution in [0, 0.1) is 0 Å². The molecule has 0 aliphatic heterocycles. The largest absolute Gasteiger partial charge is 0.382 e. The molecule has 1 heterocycles. The second-order valence-electron chi connectivity index (χ2n) is 4.10. The summed E-state index contributed by atoms with van der Waals surface area (Å²) in [4.78, 5) is 13.7. The Kier molecular flexibility index (Phi) is 4.11. The average molecular weight is 321 g/mol. The number of hydrogen-bond donors (Lipinski definition) is 1. The summed E-state index contributed by atoms with van der Waals surface area (Å²) in [6.45, 7) is 0.492. The van der Waals surface area contributed by atoms with Gasteiger partial charge in [-0.3, -0.25) is 4.79 Å². The lowest BCUT2D eigenvalue weighted by molar-refractivity contribution is 0.0778. The Labute approximate surface area is 119 Å². The maximum atomic E-state index is 12.1. The summed E-state index contributed by atoms with van der Waals surface area (Å²) in [6, 6.07) is 10.9. The molecule has 1 aromatic heterocycles. The van der Waals surface area contributed by atoms with Gasteiger partial charge in [0, 0.05) is 18.1 Å². The highest BCUT2D eigenvalue weighted by molar-refractivity contribution is 9.10. The van der Waals surface area contributed by atoms with Gasteiger partial charge in [-0.25, -0.2) is 0 Å². The van der Waals surface area contributed by atoms with Gasteiger partial charge in [-0.15, -0.1) is 10.2 Å². The monoisotopic (exact) mass is 320 g/mol. The number of nitrogens with zero attached hydrogens (tertiary/aromatic N) is 3. The highest BCUT2D eigenvalue weighted by atomic mass is 79.9. The average Bonchev–Trinajstić information content (AvgIpc) is 2.41. The number of amides is 1. The number of aromatic nitrogens is 2. The SMILES string of the molecule is CN(Cc1ccccc1Br)C(=O)c1ccc(N)nn1. The van der Waals surface area contributed by atoms with E-state index in [9.17, 15) is 4.79 Å². The topological polar surface area (TPSA) is 72.1 Å². The first-order valence-corrected chi connectivity index (χ1v) is 6.45. The van der Waals surface area contributed by atoms with Gasteiger partial charge in [0.1, 0.15) is 5.82 Å². The molecule has 0 radical (unpaired) electrons. The van der Waals surface area contributed by atoms with Crippen LogP contribution in [0.15, 0.2) is 40.9 Å². The zero-order valence-corrected chi connectivity index (χ0v) is 12.0. The van der Waals surface area contributed by atoms with Gasteiger partial charge in [-0.1, -0.05) is 34.1 Å². The Morgan fingerprint density at radius 1 is 1.26 bits per heavy atom. The number of anilines is 1. The first-order chi connectivity index (χ1) is 9.08. The molecule has 0 fully saturated rings. The predicted octanol–water partition coefficient (Wildman–Crippen LogP) is 2.09. The Morgan fingerprint density at radius 2 is 2.00 bits per heavy atom. The highest BCUT2D eigenvalue weighted by Gasteiger charge is 2.14. The van der Waals surface area contributed by atoms with Gasteiger partial charge in [-0.05, 0) is 23.8 Å². The molecule has 1 aromatic carbocycles. The van der Waals surface area contributed by atoms with Crippen LogP contribution in [0.1, 0.15) is 16.1 Å². The zero-order chi connectivity index (χ0) is 13.8. The van der Waals surface area contributed by atoms with Crippen molar-refractivity contribution in [1.29, 1.82) is 0 Å². The number of nitrogens with two attached hydrogens (primary N) is 1. The van der Waals surface area contributed by atoms with E-state index < -0.39 is 0 Å². The third kappa shape index (κ3) is 3.29. The summed E-state index contributed by atoms with van der Waals surface area (Å²) in [5, 5.41) is 7.46. The first kappa shape index (κ1) is 13.5. The molecule has 2 rings (SSSR count). The molecule has 0 spiro atoms. The number of carbonyl (C=O) groups excluding carboxylic acids is 1. The number of benzene rings is 1. The van der Waals surface area contributed by atoms with E-state index >= 15 is 0 Å². The van der Waals surface area contributed by atoms with Gasteiger partial charge in [0.05, 0.1) is 0 Å². The molecule has 0 saturated carbocycles. The third-order valence-corrected chi connectivity index (χ3v) is 3.39. The Hall–Kier alpha value is -1.95. The van der Waals surface area contributed by atoms with Crippen molar-refractivity contribution in [3.8, 4) is 0 Å². The standard InChI is InChI=1S/C13H13BrN4O/c1-18(8-9-4-2-3-5-10(9)14)13(19)11-6-7-12(15)17-16-11/h2-7H,8H2,1H3,(H2,15,17). The molecule has 2 N–H and O–H groups in total. The van der Waals surface area contributed by atoms with Crippen LogP contribution in [-0.4, -0.2) is 28.1 Å². The second kappa shape index (κ2) is 5.79. The van der Waals surface area contributed by atoms with E-state index in [-0.39, 0.29) is 11.6 Å². The smallest absolute Gasteiger partial charge is 0.274 e. The van der Waals surface area contributed by atoms with Gasteiger partial charge in [-0.2, -0.15) is 0 Å². The van der Waals surface area contributed by atoms with Crippen molar-refractivity contribution in [2.45, 2.75) is 6.54 Å². The fraction of sp³-hybridized carbons (Fsp3) is 0.154. The molecule has 0 aliphatic rings. The summed E-state index contributed by atoms with van der Waals surface area (Å²) < 4.78 is 0.970. The van der Waals surface area contributed by atoms with E-state index in [0.29, 0.717) is 12.4 Å². The van der Waals surface area contributed by atoms with Crippen LogP contribution < -0.4 is 5.73 Å². The minimum Gasteiger partial charge on any atom is -0.382 e. The van der Waals surface area contributed by atoms with Crippen LogP contribution in [0.4, 0.5) is 5.82 Å². The summed E-state index contributed by atoms with van der Waals surface area (Å²) >= 11 is 3.46. The third-order valence-electron chi connectivity index (χ3n) is 2.62. The normalized spacial score (nSPS) is 10.2. The van der Waals surface area contributed by atoms with E-state index in [4.69, 9.17) is 5.73 Å². The van der Waals surface area contributed by atoms with E-state index in [1.807, 2.05) is 24.3 Å². The molecular formula is C13H13BrN4O. The minimum atomic E-state index is -0.191. The summed E-state index contributed by atoms with van der Waals surface area (Å²) in [7, 11) is 1.72. The molecule has 6 heteroatoms. The lowest BCUT2D eigenvalue weighted by Crippen LogP contribution is -2.27. The van der Waals surface area contributed by atoms with E-state index in [1.54, 1.807) is 24.1 Å². The van der Waals surface area contributed by atoms with E-state index in [2.05, 4.69) is 26.1 Å². The van der Waals surface area contributed by atoms with Crippen LogP contribution >= 0.6 is 15.9 Å². The Balaban J connectivity index is 2.12. The number of hydrogen-bond acceptors (Lipinski definition) is 4. The summed E-state index contributed by atoms with van der Waals surface area (Å²) in [6.07, 6.45) is 0. The van der Waals surface area contributed by atoms with Crippen LogP contribution in [0.5, 0.6) is 0 Å². The van der Waals surface area contributed by atoms with Crippen molar-refractivity contribution < 1.29 is 4.79 Å². The lowest BCUT2D eigenvalue weighted by Gasteiger charge is -2.17. The zero-order valence-electron chi connectivity index (χ0n) is 10.4. The molecule has 98 valence electrons. The Bertz CT molecular complexity index is 585. The molecule has 0 unspecified atom stereocenters. The highest BCUT2D eigenvalue weighted by Crippen LogP contribution is 2.17. The van der Waals surface area contributed by atoms with E-state index in [1.165, 1.54) is 0 Å². The molecular weight excluding hydrogens is 308 g/mol. The summed E-state index contributed by atoms with van der Waals surface area (Å²) in [5.41, 5.74) is 6.75. The minimum absolute atomic E-state index is 0.191. The number of nitrogen functional groups attached to an aromatic ring is 1. The first-order valence-electron chi connectivity index (χ1n) is 5.66. The Morgan fingerprint density at radius 3 is 2.63 bits per heavy atom. The van der Waals surface area contributed by atoms with Gasteiger partial charge in [0.25, 0.3) is 5.91 Å². The fourth-order valence-corrected chi connectivity index (χ4v) is 2.02. The number of rotatable bonds is 3. The second-order valence-corrected chi connectivity index (χ2v) is 4.95. The maximum Gasteiger partial charge on any atom is 0.274 e. The molecule has 0 aliphatic carbocycles. The molecule has 0 atom stereocenters. The van der Waals surface area contributed by atoms with Crippen LogP contribution in [0.3, 0.4) is 0 Å². The van der Waals surface area contributed by atoms with Crippen molar-refractivity contribution in [2.75, 3.05) is 12.8 Å². The van der Waals surface area contributed by atoms with Crippen LogP contribution in [0.25, 0.3) is 0 Å². The van der Waals surface area contributed by atoms with Gasteiger partial charge >= 0.3 is 0 Å². The molecule has 1 amide bonds. The molecule has 5 nitrogen and oxygen atoms in total. The van der Waals surface area contributed by atoms with Gasteiger partial charge in [0.15, 0.2) is 5.69 Å². The van der Waals surface area contributed by atoms with Gasteiger partial charge in [0.2, 0.25) is 0 Å². The van der Waals surface area contributed by atoms with Crippen molar-refractivity contribution >= 4 is 27.7 Å². The van der Waals surface area contributed by atoms with Crippen molar-refractivity contribution in [3.05, 3.63) is 52.1 Å². The van der Waals surface area contributed by atoms with Crippen LogP contribution in [0.2, 0.25) is 0 Å². The van der Waals surface area contributed by atoms with Crippen molar-refractivity contribution in [1.82, 2.24) is 15.1 Å². The lowest BCUT2D eigenvalue weighted by atomic mass is 10.2. The molecule has 0 bridgehead atoms. The summed E-state index contributed by atoms with van der Waals surface area (Å²) in [5.74, 6) is 0.105. The van der Waals surface area contributed by atoms with Crippen molar-refractivity contribution in [3.63, 3.8) is 0 Å². The quantitative estimate of drug-likeness (QED) is 0.940. The molecule has 19 heavy (non-hydrogen) atoms. The number of carbonyl (C=O) groups is 1. The maximum absolute atomic E-state index is 12.1. The van der Waals surface area contributed by atoms with Crippen molar-refractivity contribution in [2.24, 2.45) is 0 Å². The molecule has 2 aromatic rings. The predicted molar refractivity (Wildman–Crippen MR) is 76.4 cm³/mol. The number of halogens is 1. The van der Waals surface area contributed by atoms with Crippen LogP contribution in [-0.2, 0) is 6.54 Å². The van der Waals surface area contributed by atoms with Gasteiger partial charge < -0.3 is 10.6 Å². The fourth-order valence-electron chi connectivity index (χ4n) is 1.61.